The number of aliphatic hydroxyl groups is 1. The number of rotatable bonds is 1. The number of amides is 1. The van der Waals surface area contributed by atoms with E-state index in [1.807, 2.05) is 0 Å². The van der Waals surface area contributed by atoms with Crippen LogP contribution in [0.3, 0.4) is 0 Å². The van der Waals surface area contributed by atoms with Crippen molar-refractivity contribution in [2.45, 2.75) is 13.0 Å². The minimum Gasteiger partial charge on any atom is -0.384 e. The minimum absolute atomic E-state index is 0.246. The van der Waals surface area contributed by atoms with Crippen molar-refractivity contribution < 1.29 is 14.5 Å². The van der Waals surface area contributed by atoms with Crippen LogP contribution in [0.4, 0.5) is 0 Å². The lowest BCUT2D eigenvalue weighted by atomic mass is 10.3. The zero-order chi connectivity index (χ0) is 9.14. The fourth-order valence-corrected chi connectivity index (χ4v) is 2.53. The number of hydrogen-bond acceptors (Lipinski definition) is 3. The summed E-state index contributed by atoms with van der Waals surface area (Å²) in [6, 6.07) is 0. The molecule has 1 amide bonds. The summed E-state index contributed by atoms with van der Waals surface area (Å²) in [4.78, 5) is 12.8. The van der Waals surface area contributed by atoms with E-state index in [2.05, 4.69) is 0 Å². The third-order valence-electron chi connectivity index (χ3n) is 1.99. The van der Waals surface area contributed by atoms with Crippen molar-refractivity contribution >= 4 is 13.7 Å². The molecule has 0 radical (unpaired) electrons. The molecule has 0 bridgehead atoms. The van der Waals surface area contributed by atoms with Crippen LogP contribution in [-0.2, 0) is 9.36 Å². The predicted octanol–water partition coefficient (Wildman–Crippen LogP) is -0.231. The smallest absolute Gasteiger partial charge is 0.251 e. The maximum absolute atomic E-state index is 11.2. The number of nitrogens with zero attached hydrogens (tertiary/aromatic N) is 1. The van der Waals surface area contributed by atoms with E-state index in [9.17, 15) is 9.36 Å². The molecule has 12 heavy (non-hydrogen) atoms. The number of aliphatic hydroxyl groups excluding tert-OH is 1. The molecule has 0 unspecified atom stereocenters. The quantitative estimate of drug-likeness (QED) is 0.582. The van der Waals surface area contributed by atoms with Gasteiger partial charge in [0.05, 0.1) is 7.80 Å². The van der Waals surface area contributed by atoms with E-state index in [4.69, 9.17) is 5.11 Å². The van der Waals surface area contributed by atoms with Crippen molar-refractivity contribution in [3.05, 3.63) is 0 Å². The van der Waals surface area contributed by atoms with Crippen LogP contribution < -0.4 is 0 Å². The van der Waals surface area contributed by atoms with Gasteiger partial charge in [-0.2, -0.15) is 0 Å². The standard InChI is InChI=1S/C7H14NO3P/c1-6(9)7(10)8-2-4-12(11)5-3-8/h6,9,12H,2-5H2,1H3/t6-/m0/s1. The molecule has 0 aromatic rings. The lowest BCUT2D eigenvalue weighted by Gasteiger charge is -2.27. The molecule has 1 N–H and O–H groups in total. The van der Waals surface area contributed by atoms with Crippen LogP contribution in [0.1, 0.15) is 6.92 Å². The molecule has 5 heteroatoms. The summed E-state index contributed by atoms with van der Waals surface area (Å²) in [6.45, 7) is 2.54. The lowest BCUT2D eigenvalue weighted by molar-refractivity contribution is -0.138. The molecule has 0 aliphatic carbocycles. The Labute approximate surface area is 72.3 Å². The van der Waals surface area contributed by atoms with Gasteiger partial charge in [0, 0.05) is 25.4 Å². The van der Waals surface area contributed by atoms with E-state index in [1.54, 1.807) is 4.90 Å². The molecule has 1 fully saturated rings. The Kier molecular flexibility index (Phi) is 3.29. The van der Waals surface area contributed by atoms with Gasteiger partial charge in [-0.05, 0) is 6.92 Å². The molecule has 1 heterocycles. The summed E-state index contributed by atoms with van der Waals surface area (Å²) in [5, 5.41) is 8.98. The fourth-order valence-electron chi connectivity index (χ4n) is 1.24. The molecule has 1 aliphatic rings. The Balaban J connectivity index is 2.44. The number of carbonyl (C=O) groups excluding carboxylic acids is 1. The highest BCUT2D eigenvalue weighted by atomic mass is 31.1. The maximum Gasteiger partial charge on any atom is 0.251 e. The number of hydrogen-bond donors (Lipinski definition) is 1. The normalized spacial score (nSPS) is 22.3. The summed E-state index contributed by atoms with van der Waals surface area (Å²) >= 11 is 0. The lowest BCUT2D eigenvalue weighted by Crippen LogP contribution is -2.42. The first-order chi connectivity index (χ1) is 5.61. The average molecular weight is 191 g/mol. The molecule has 4 nitrogen and oxygen atoms in total. The molecule has 0 saturated carbocycles. The maximum atomic E-state index is 11.2. The zero-order valence-corrected chi connectivity index (χ0v) is 8.12. The van der Waals surface area contributed by atoms with Gasteiger partial charge in [0.25, 0.3) is 5.91 Å². The van der Waals surface area contributed by atoms with Crippen LogP contribution in [0.15, 0.2) is 0 Å². The van der Waals surface area contributed by atoms with Gasteiger partial charge in [-0.25, -0.2) is 0 Å². The van der Waals surface area contributed by atoms with E-state index >= 15 is 0 Å². The van der Waals surface area contributed by atoms with Crippen molar-refractivity contribution in [1.82, 2.24) is 4.90 Å². The minimum atomic E-state index is -1.41. The Morgan fingerprint density at radius 1 is 1.50 bits per heavy atom. The van der Waals surface area contributed by atoms with Crippen LogP contribution in [-0.4, -0.2) is 47.4 Å². The monoisotopic (exact) mass is 191 g/mol. The Morgan fingerprint density at radius 3 is 2.42 bits per heavy atom. The van der Waals surface area contributed by atoms with Crippen molar-refractivity contribution in [1.29, 1.82) is 0 Å². The van der Waals surface area contributed by atoms with Gasteiger partial charge < -0.3 is 14.6 Å². The van der Waals surface area contributed by atoms with Crippen molar-refractivity contribution in [2.24, 2.45) is 0 Å². The highest BCUT2D eigenvalue weighted by Crippen LogP contribution is 2.24. The van der Waals surface area contributed by atoms with Crippen LogP contribution in [0.5, 0.6) is 0 Å². The first-order valence-electron chi connectivity index (χ1n) is 4.10. The molecule has 1 rings (SSSR count). The Bertz CT molecular complexity index is 195. The van der Waals surface area contributed by atoms with Crippen LogP contribution >= 0.6 is 7.80 Å². The Morgan fingerprint density at radius 2 is 2.00 bits per heavy atom. The van der Waals surface area contributed by atoms with E-state index in [0.29, 0.717) is 25.4 Å². The van der Waals surface area contributed by atoms with E-state index in [0.717, 1.165) is 0 Å². The van der Waals surface area contributed by atoms with Gasteiger partial charge in [-0.15, -0.1) is 0 Å². The highest BCUT2D eigenvalue weighted by Gasteiger charge is 2.22. The zero-order valence-electron chi connectivity index (χ0n) is 7.12. The van der Waals surface area contributed by atoms with Crippen LogP contribution in [0.25, 0.3) is 0 Å². The molecule has 1 saturated heterocycles. The van der Waals surface area contributed by atoms with Crippen LogP contribution in [0.2, 0.25) is 0 Å². The van der Waals surface area contributed by atoms with Gasteiger partial charge in [-0.3, -0.25) is 4.79 Å². The van der Waals surface area contributed by atoms with Crippen molar-refractivity contribution in [3.8, 4) is 0 Å². The summed E-state index contributed by atoms with van der Waals surface area (Å²) < 4.78 is 11.0. The van der Waals surface area contributed by atoms with Gasteiger partial charge in [0.2, 0.25) is 0 Å². The number of carbonyl (C=O) groups is 1. The molecule has 1 aliphatic heterocycles. The van der Waals surface area contributed by atoms with Crippen molar-refractivity contribution in [2.75, 3.05) is 25.4 Å². The van der Waals surface area contributed by atoms with Gasteiger partial charge in [0.1, 0.15) is 6.10 Å². The average Bonchev–Trinajstić information content (AvgIpc) is 2.04. The first-order valence-corrected chi connectivity index (χ1v) is 5.92. The van der Waals surface area contributed by atoms with Gasteiger partial charge >= 0.3 is 0 Å². The molecule has 70 valence electrons. The summed E-state index contributed by atoms with van der Waals surface area (Å²) in [7, 11) is -1.41. The second-order valence-electron chi connectivity index (χ2n) is 3.04. The molecular weight excluding hydrogens is 177 g/mol. The van der Waals surface area contributed by atoms with Crippen molar-refractivity contribution in [3.63, 3.8) is 0 Å². The first kappa shape index (κ1) is 9.75. The largest absolute Gasteiger partial charge is 0.384 e. The summed E-state index contributed by atoms with van der Waals surface area (Å²) in [5.41, 5.74) is 0. The molecule has 0 aromatic carbocycles. The molecule has 1 atom stereocenters. The predicted molar refractivity (Wildman–Crippen MR) is 47.0 cm³/mol. The van der Waals surface area contributed by atoms with Crippen LogP contribution in [0, 0.1) is 0 Å². The fraction of sp³-hybridized carbons (Fsp3) is 0.857. The van der Waals surface area contributed by atoms with Gasteiger partial charge in [-0.1, -0.05) is 0 Å². The van der Waals surface area contributed by atoms with E-state index < -0.39 is 13.9 Å². The second kappa shape index (κ2) is 4.06. The third kappa shape index (κ3) is 2.32. The molecule has 0 spiro atoms. The summed E-state index contributed by atoms with van der Waals surface area (Å²) in [6.07, 6.45) is 0.303. The third-order valence-corrected chi connectivity index (χ3v) is 3.55. The topological polar surface area (TPSA) is 57.6 Å². The van der Waals surface area contributed by atoms with E-state index in [1.165, 1.54) is 6.92 Å². The Hall–Kier alpha value is -0.340. The summed E-state index contributed by atoms with van der Waals surface area (Å²) in [5.74, 6) is -0.246. The SMILES string of the molecule is C[C@H](O)C(=O)N1CC[PH](=O)CC1. The molecule has 0 aromatic heterocycles. The second-order valence-corrected chi connectivity index (χ2v) is 5.12. The van der Waals surface area contributed by atoms with Gasteiger partial charge in [0.15, 0.2) is 0 Å². The highest BCUT2D eigenvalue weighted by molar-refractivity contribution is 7.44. The molecular formula is C7H14NO3P. The van der Waals surface area contributed by atoms with E-state index in [-0.39, 0.29) is 5.91 Å².